The second-order valence-corrected chi connectivity index (χ2v) is 8.61. The zero-order chi connectivity index (χ0) is 22.1. The highest BCUT2D eigenvalue weighted by Crippen LogP contribution is 2.37. The van der Waals surface area contributed by atoms with E-state index in [4.69, 9.17) is 4.74 Å². The molecule has 1 aliphatic carbocycles. The number of halogens is 2. The van der Waals surface area contributed by atoms with Gasteiger partial charge in [0.25, 0.3) is 0 Å². The van der Waals surface area contributed by atoms with Crippen LogP contribution in [-0.2, 0) is 0 Å². The molecule has 166 valence electrons. The molecular formula is C28H34F2O. The summed E-state index contributed by atoms with van der Waals surface area (Å²) < 4.78 is 33.3. The lowest BCUT2D eigenvalue weighted by Gasteiger charge is -2.29. The Morgan fingerprint density at radius 3 is 2.26 bits per heavy atom. The molecule has 2 aromatic carbocycles. The predicted octanol–water partition coefficient (Wildman–Crippen LogP) is 8.01. The average Bonchev–Trinajstić information content (AvgIpc) is 2.80. The third-order valence-corrected chi connectivity index (χ3v) is 6.38. The van der Waals surface area contributed by atoms with Gasteiger partial charge in [0, 0.05) is 5.56 Å². The van der Waals surface area contributed by atoms with E-state index >= 15 is 0 Å². The zero-order valence-corrected chi connectivity index (χ0v) is 18.9. The van der Waals surface area contributed by atoms with E-state index in [1.54, 1.807) is 6.92 Å². The molecule has 1 saturated carbocycles. The van der Waals surface area contributed by atoms with E-state index < -0.39 is 11.6 Å². The van der Waals surface area contributed by atoms with Crippen LogP contribution < -0.4 is 4.74 Å². The Balaban J connectivity index is 1.56. The van der Waals surface area contributed by atoms with Crippen molar-refractivity contribution in [3.05, 3.63) is 64.7 Å². The molecule has 0 heterocycles. The van der Waals surface area contributed by atoms with E-state index in [1.165, 1.54) is 75.5 Å². The molecule has 0 atom stereocenters. The number of rotatable bonds is 8. The monoisotopic (exact) mass is 424 g/mol. The van der Waals surface area contributed by atoms with Gasteiger partial charge in [-0.25, -0.2) is 4.39 Å². The van der Waals surface area contributed by atoms with Crippen molar-refractivity contribution >= 4 is 0 Å². The van der Waals surface area contributed by atoms with Crippen LogP contribution in [0.15, 0.2) is 36.4 Å². The minimum absolute atomic E-state index is 0.0438. The molecule has 3 heteroatoms. The van der Waals surface area contributed by atoms with Crippen LogP contribution in [0.1, 0.15) is 94.2 Å². The number of hydrogen-bond acceptors (Lipinski definition) is 1. The number of benzene rings is 2. The third-order valence-electron chi connectivity index (χ3n) is 6.38. The van der Waals surface area contributed by atoms with Crippen molar-refractivity contribution in [2.45, 2.75) is 77.6 Å². The van der Waals surface area contributed by atoms with Gasteiger partial charge in [0.15, 0.2) is 11.6 Å². The van der Waals surface area contributed by atoms with Crippen LogP contribution in [0.5, 0.6) is 5.75 Å². The first-order valence-electron chi connectivity index (χ1n) is 11.8. The normalized spacial score (nSPS) is 18.3. The summed E-state index contributed by atoms with van der Waals surface area (Å²) in [6, 6.07) is 11.2. The Bertz CT molecular complexity index is 884. The second-order valence-electron chi connectivity index (χ2n) is 8.61. The highest BCUT2D eigenvalue weighted by atomic mass is 19.2. The molecule has 0 radical (unpaired) electrons. The van der Waals surface area contributed by atoms with Crippen LogP contribution >= 0.6 is 0 Å². The summed E-state index contributed by atoms with van der Waals surface area (Å²) in [4.78, 5) is 0. The van der Waals surface area contributed by atoms with Crippen LogP contribution in [0, 0.1) is 29.4 Å². The van der Waals surface area contributed by atoms with Crippen LogP contribution in [-0.4, -0.2) is 6.61 Å². The Labute approximate surface area is 186 Å². The fraction of sp³-hybridized carbons (Fsp3) is 0.500. The Kier molecular flexibility index (Phi) is 8.95. The maximum Gasteiger partial charge on any atom is 0.201 e. The molecule has 0 amide bonds. The van der Waals surface area contributed by atoms with Crippen LogP contribution in [0.3, 0.4) is 0 Å². The van der Waals surface area contributed by atoms with Gasteiger partial charge in [-0.1, -0.05) is 63.0 Å². The van der Waals surface area contributed by atoms with Crippen molar-refractivity contribution in [3.8, 4) is 17.6 Å². The lowest BCUT2D eigenvalue weighted by Crippen LogP contribution is -2.13. The van der Waals surface area contributed by atoms with Crippen molar-refractivity contribution in [2.24, 2.45) is 5.92 Å². The van der Waals surface area contributed by atoms with E-state index in [0.717, 1.165) is 11.5 Å². The molecule has 1 nitrogen and oxygen atoms in total. The van der Waals surface area contributed by atoms with E-state index in [0.29, 0.717) is 5.92 Å². The summed E-state index contributed by atoms with van der Waals surface area (Å²) in [5, 5.41) is 0. The maximum atomic E-state index is 14.2. The molecule has 1 aliphatic rings. The molecule has 2 aromatic rings. The summed E-state index contributed by atoms with van der Waals surface area (Å²) >= 11 is 0. The smallest absolute Gasteiger partial charge is 0.201 e. The van der Waals surface area contributed by atoms with Crippen molar-refractivity contribution in [2.75, 3.05) is 6.61 Å². The van der Waals surface area contributed by atoms with Crippen molar-refractivity contribution in [1.29, 1.82) is 0 Å². The average molecular weight is 425 g/mol. The van der Waals surface area contributed by atoms with E-state index in [2.05, 4.69) is 30.9 Å². The largest absolute Gasteiger partial charge is 0.491 e. The van der Waals surface area contributed by atoms with Crippen molar-refractivity contribution in [1.82, 2.24) is 0 Å². The van der Waals surface area contributed by atoms with Gasteiger partial charge < -0.3 is 4.74 Å². The Morgan fingerprint density at radius 1 is 0.839 bits per heavy atom. The summed E-state index contributed by atoms with van der Waals surface area (Å²) in [7, 11) is 0. The molecule has 0 unspecified atom stereocenters. The SMILES string of the molecule is CCCCCCC1CCC(c2ccc(C#Cc3ccc(OCC)c(F)c3F)cc2)CC1. The Hall–Kier alpha value is -2.34. The maximum absolute atomic E-state index is 14.2. The van der Waals surface area contributed by atoms with Gasteiger partial charge in [0.2, 0.25) is 5.82 Å². The molecule has 3 rings (SSSR count). The highest BCUT2D eigenvalue weighted by Gasteiger charge is 2.22. The number of ether oxygens (including phenoxy) is 1. The van der Waals surface area contributed by atoms with Crippen molar-refractivity contribution < 1.29 is 13.5 Å². The Morgan fingerprint density at radius 2 is 1.58 bits per heavy atom. The predicted molar refractivity (Wildman–Crippen MR) is 123 cm³/mol. The molecular weight excluding hydrogens is 390 g/mol. The summed E-state index contributed by atoms with van der Waals surface area (Å²) in [5.41, 5.74) is 2.22. The summed E-state index contributed by atoms with van der Waals surface area (Å²) in [6.45, 7) is 4.28. The first kappa shape index (κ1) is 23.3. The van der Waals surface area contributed by atoms with Gasteiger partial charge in [0.05, 0.1) is 12.2 Å². The quantitative estimate of drug-likeness (QED) is 0.308. The minimum Gasteiger partial charge on any atom is -0.491 e. The molecule has 31 heavy (non-hydrogen) atoms. The van der Waals surface area contributed by atoms with Crippen molar-refractivity contribution in [3.63, 3.8) is 0 Å². The summed E-state index contributed by atoms with van der Waals surface area (Å²) in [5.74, 6) is 5.23. The van der Waals surface area contributed by atoms with Gasteiger partial charge in [-0.05, 0) is 74.3 Å². The van der Waals surface area contributed by atoms with Gasteiger partial charge in [-0.3, -0.25) is 0 Å². The molecule has 0 saturated heterocycles. The molecule has 0 aliphatic heterocycles. The van der Waals surface area contributed by atoms with E-state index in [-0.39, 0.29) is 17.9 Å². The van der Waals surface area contributed by atoms with Crippen LogP contribution in [0.25, 0.3) is 0 Å². The van der Waals surface area contributed by atoms with E-state index in [9.17, 15) is 8.78 Å². The van der Waals surface area contributed by atoms with Crippen LogP contribution in [0.2, 0.25) is 0 Å². The van der Waals surface area contributed by atoms with Gasteiger partial charge in [-0.2, -0.15) is 4.39 Å². The highest BCUT2D eigenvalue weighted by molar-refractivity contribution is 5.46. The standard InChI is InChI=1S/C28H34F2O/c1-3-5-6-7-8-21-9-14-23(15-10-21)24-16-11-22(12-17-24)13-18-25-19-20-26(31-4-2)28(30)27(25)29/h11-12,16-17,19-21,23H,3-10,14-15H2,1-2H3. The van der Waals surface area contributed by atoms with E-state index in [1.807, 2.05) is 12.1 Å². The molecule has 0 N–H and O–H groups in total. The second kappa shape index (κ2) is 11.9. The van der Waals surface area contributed by atoms with Crippen LogP contribution in [0.4, 0.5) is 8.78 Å². The zero-order valence-electron chi connectivity index (χ0n) is 18.9. The molecule has 0 spiro atoms. The third kappa shape index (κ3) is 6.57. The lowest BCUT2D eigenvalue weighted by molar-refractivity contribution is 0.302. The summed E-state index contributed by atoms with van der Waals surface area (Å²) in [6.07, 6.45) is 12.0. The topological polar surface area (TPSA) is 9.23 Å². The molecule has 0 bridgehead atoms. The first-order valence-corrected chi connectivity index (χ1v) is 11.8. The fourth-order valence-corrected chi connectivity index (χ4v) is 4.52. The minimum atomic E-state index is -0.982. The van der Waals surface area contributed by atoms with Gasteiger partial charge in [-0.15, -0.1) is 0 Å². The fourth-order valence-electron chi connectivity index (χ4n) is 4.52. The number of unbranched alkanes of at least 4 members (excludes halogenated alkanes) is 3. The van der Waals surface area contributed by atoms with Gasteiger partial charge >= 0.3 is 0 Å². The molecule has 1 fully saturated rings. The van der Waals surface area contributed by atoms with Gasteiger partial charge in [0.1, 0.15) is 0 Å². The first-order chi connectivity index (χ1) is 15.1. The lowest BCUT2D eigenvalue weighted by atomic mass is 9.77. The number of hydrogen-bond donors (Lipinski definition) is 0. The molecule has 0 aromatic heterocycles.